The molecule has 0 unspecified atom stereocenters. The van der Waals surface area contributed by atoms with Crippen LogP contribution in [0.25, 0.3) is 0 Å². The highest BCUT2D eigenvalue weighted by Gasteiger charge is 2.36. The van der Waals surface area contributed by atoms with Gasteiger partial charge in [-0.05, 0) is 69.3 Å². The number of alkyl halides is 1. The van der Waals surface area contributed by atoms with Gasteiger partial charge < -0.3 is 9.47 Å². The predicted molar refractivity (Wildman–Crippen MR) is 95.4 cm³/mol. The van der Waals surface area contributed by atoms with E-state index in [4.69, 9.17) is 9.47 Å². The van der Waals surface area contributed by atoms with E-state index in [2.05, 4.69) is 12.7 Å². The van der Waals surface area contributed by atoms with Gasteiger partial charge in [0.2, 0.25) is 0 Å². The maximum Gasteiger partial charge on any atom is 0.160 e. The third-order valence-corrected chi connectivity index (χ3v) is 6.58. The van der Waals surface area contributed by atoms with Crippen molar-refractivity contribution in [1.29, 1.82) is 0 Å². The lowest BCUT2D eigenvalue weighted by molar-refractivity contribution is -0.236. The molecule has 0 aromatic rings. The zero-order chi connectivity index (χ0) is 17.6. The Morgan fingerprint density at radius 1 is 0.880 bits per heavy atom. The second-order valence-electron chi connectivity index (χ2n) is 8.06. The average Bonchev–Trinajstić information content (AvgIpc) is 2.68. The van der Waals surface area contributed by atoms with Crippen molar-refractivity contribution in [3.8, 4) is 0 Å². The van der Waals surface area contributed by atoms with Gasteiger partial charge in [0.05, 0.1) is 13.2 Å². The van der Waals surface area contributed by atoms with Gasteiger partial charge in [-0.15, -0.1) is 6.58 Å². The smallest absolute Gasteiger partial charge is 0.160 e. The van der Waals surface area contributed by atoms with Crippen molar-refractivity contribution in [3.63, 3.8) is 0 Å². The fraction of sp³-hybridized carbons (Fsp3) is 0.810. The zero-order valence-electron chi connectivity index (χ0n) is 15.2. The van der Waals surface area contributed by atoms with E-state index < -0.39 is 6.67 Å². The fourth-order valence-corrected chi connectivity index (χ4v) is 4.84. The molecule has 0 amide bonds. The number of allylic oxidation sites excluding steroid dienone is 3. The summed E-state index contributed by atoms with van der Waals surface area (Å²) in [5, 5.41) is 0. The molecule has 1 heterocycles. The van der Waals surface area contributed by atoms with Gasteiger partial charge in [-0.1, -0.05) is 6.08 Å². The summed E-state index contributed by atoms with van der Waals surface area (Å²) in [6, 6.07) is 0. The molecule has 3 rings (SSSR count). The van der Waals surface area contributed by atoms with Gasteiger partial charge in [-0.25, -0.2) is 8.78 Å². The molecule has 142 valence electrons. The Labute approximate surface area is 150 Å². The summed E-state index contributed by atoms with van der Waals surface area (Å²) in [5.74, 6) is 1.89. The van der Waals surface area contributed by atoms with Gasteiger partial charge in [-0.3, -0.25) is 0 Å². The van der Waals surface area contributed by atoms with Crippen molar-refractivity contribution in [3.05, 3.63) is 24.6 Å². The van der Waals surface area contributed by atoms with Crippen LogP contribution in [0.1, 0.15) is 51.4 Å². The van der Waals surface area contributed by atoms with Crippen molar-refractivity contribution in [2.45, 2.75) is 57.7 Å². The number of halogens is 2. The predicted octanol–water partition coefficient (Wildman–Crippen LogP) is 5.60. The molecule has 1 saturated heterocycles. The van der Waals surface area contributed by atoms with Crippen LogP contribution in [0.5, 0.6) is 0 Å². The third kappa shape index (κ3) is 4.91. The maximum absolute atomic E-state index is 13.7. The van der Waals surface area contributed by atoms with Gasteiger partial charge in [0.25, 0.3) is 0 Å². The van der Waals surface area contributed by atoms with Crippen molar-refractivity contribution in [2.24, 2.45) is 29.6 Å². The molecule has 0 N–H and O–H groups in total. The van der Waals surface area contributed by atoms with E-state index in [-0.39, 0.29) is 18.0 Å². The number of hydrogen-bond acceptors (Lipinski definition) is 2. The second-order valence-corrected chi connectivity index (χ2v) is 8.06. The molecule has 4 heteroatoms. The van der Waals surface area contributed by atoms with Crippen molar-refractivity contribution >= 4 is 0 Å². The highest BCUT2D eigenvalue weighted by molar-refractivity contribution is 4.99. The minimum atomic E-state index is -0.712. The molecule has 3 fully saturated rings. The average molecular weight is 354 g/mol. The second kappa shape index (κ2) is 9.27. The summed E-state index contributed by atoms with van der Waals surface area (Å²) in [5.41, 5.74) is 0. The molecule has 25 heavy (non-hydrogen) atoms. The van der Waals surface area contributed by atoms with Crippen molar-refractivity contribution < 1.29 is 18.3 Å². The largest absolute Gasteiger partial charge is 0.352 e. The van der Waals surface area contributed by atoms with E-state index in [1.807, 2.05) is 0 Å². The minimum Gasteiger partial charge on any atom is -0.352 e. The number of rotatable bonds is 5. The van der Waals surface area contributed by atoms with Crippen LogP contribution in [0.15, 0.2) is 24.6 Å². The van der Waals surface area contributed by atoms with Gasteiger partial charge in [0, 0.05) is 17.8 Å². The first-order valence-corrected chi connectivity index (χ1v) is 9.98. The summed E-state index contributed by atoms with van der Waals surface area (Å²) in [4.78, 5) is 0. The summed E-state index contributed by atoms with van der Waals surface area (Å²) >= 11 is 0. The van der Waals surface area contributed by atoms with E-state index in [1.165, 1.54) is 25.7 Å². The normalized spacial score (nSPS) is 40.6. The highest BCUT2D eigenvalue weighted by atomic mass is 19.1. The lowest BCUT2D eigenvalue weighted by Gasteiger charge is -2.40. The molecule has 3 aliphatic rings. The fourth-order valence-electron chi connectivity index (χ4n) is 4.84. The van der Waals surface area contributed by atoms with E-state index in [0.29, 0.717) is 23.7 Å². The zero-order valence-corrected chi connectivity index (χ0v) is 15.2. The molecule has 2 aliphatic carbocycles. The Balaban J connectivity index is 1.40. The quantitative estimate of drug-likeness (QED) is 0.599. The maximum atomic E-state index is 13.7. The monoisotopic (exact) mass is 354 g/mol. The number of ether oxygens (including phenoxy) is 2. The lowest BCUT2D eigenvalue weighted by Crippen LogP contribution is -2.41. The first-order valence-electron chi connectivity index (χ1n) is 9.98. The van der Waals surface area contributed by atoms with E-state index in [9.17, 15) is 8.78 Å². The Hall–Kier alpha value is -0.740. The van der Waals surface area contributed by atoms with E-state index in [0.717, 1.165) is 45.0 Å². The molecule has 0 aromatic heterocycles. The standard InChI is InChI=1S/C21H32F2O2/c1-2-15-3-5-16(6-4-15)19-13-24-21(25-14-19)18-9-7-17(8-10-18)20(23)11-12-22/h2,11,15-19,21H,1,3-10,12-14H2/b20-11-. The summed E-state index contributed by atoms with van der Waals surface area (Å²) in [7, 11) is 0. The Kier molecular flexibility index (Phi) is 7.06. The molecule has 2 nitrogen and oxygen atoms in total. The van der Waals surface area contributed by atoms with Crippen LogP contribution in [0.2, 0.25) is 0 Å². The number of hydrogen-bond donors (Lipinski definition) is 0. The topological polar surface area (TPSA) is 18.5 Å². The van der Waals surface area contributed by atoms with Crippen molar-refractivity contribution in [2.75, 3.05) is 19.9 Å². The summed E-state index contributed by atoms with van der Waals surface area (Å²) < 4.78 is 38.1. The van der Waals surface area contributed by atoms with Gasteiger partial charge >= 0.3 is 0 Å². The first kappa shape index (κ1) is 19.0. The van der Waals surface area contributed by atoms with Gasteiger partial charge in [0.15, 0.2) is 6.29 Å². The molecule has 2 saturated carbocycles. The highest BCUT2D eigenvalue weighted by Crippen LogP contribution is 2.40. The molecule has 0 aromatic carbocycles. The van der Waals surface area contributed by atoms with Crippen LogP contribution < -0.4 is 0 Å². The Morgan fingerprint density at radius 3 is 2.04 bits per heavy atom. The van der Waals surface area contributed by atoms with Crippen LogP contribution in [0, 0.1) is 29.6 Å². The van der Waals surface area contributed by atoms with Crippen LogP contribution >= 0.6 is 0 Å². The molecule has 0 atom stereocenters. The lowest BCUT2D eigenvalue weighted by atomic mass is 9.76. The van der Waals surface area contributed by atoms with Crippen LogP contribution in [0.3, 0.4) is 0 Å². The minimum absolute atomic E-state index is 0.108. The van der Waals surface area contributed by atoms with Crippen LogP contribution in [-0.4, -0.2) is 26.2 Å². The van der Waals surface area contributed by atoms with Crippen LogP contribution in [0.4, 0.5) is 8.78 Å². The molecule has 0 spiro atoms. The SMILES string of the molecule is C=CC1CCC(C2COC(C3CCC(/C(F)=C/CF)CC3)OC2)CC1. The third-order valence-electron chi connectivity index (χ3n) is 6.58. The first-order chi connectivity index (χ1) is 12.2. The Bertz CT molecular complexity index is 441. The van der Waals surface area contributed by atoms with Crippen LogP contribution in [-0.2, 0) is 9.47 Å². The van der Waals surface area contributed by atoms with Gasteiger partial charge in [0.1, 0.15) is 12.5 Å². The molecular formula is C21H32F2O2. The summed E-state index contributed by atoms with van der Waals surface area (Å²) in [6.45, 7) is 4.80. The van der Waals surface area contributed by atoms with Crippen molar-refractivity contribution in [1.82, 2.24) is 0 Å². The Morgan fingerprint density at radius 2 is 1.48 bits per heavy atom. The van der Waals surface area contributed by atoms with E-state index >= 15 is 0 Å². The molecule has 1 aliphatic heterocycles. The molecule has 0 bridgehead atoms. The molecule has 0 radical (unpaired) electrons. The van der Waals surface area contributed by atoms with Gasteiger partial charge in [-0.2, -0.15) is 0 Å². The molecular weight excluding hydrogens is 322 g/mol. The summed E-state index contributed by atoms with van der Waals surface area (Å²) in [6.07, 6.45) is 11.4. The van der Waals surface area contributed by atoms with E-state index in [1.54, 1.807) is 0 Å².